The number of amides is 2. The zero-order valence-corrected chi connectivity index (χ0v) is 17.7. The van der Waals surface area contributed by atoms with Crippen molar-refractivity contribution in [1.29, 1.82) is 0 Å². The normalized spacial score (nSPS) is 28.5. The molecule has 7 heteroatoms. The fraction of sp³-hybridized carbons (Fsp3) is 0.591. The molecule has 6 nitrogen and oxygen atoms in total. The number of carboxylic acids is 1. The van der Waals surface area contributed by atoms with Crippen LogP contribution in [0.15, 0.2) is 12.2 Å². The summed E-state index contributed by atoms with van der Waals surface area (Å²) in [6.07, 6.45) is 10.1. The number of carbonyl (C=O) groups is 3. The van der Waals surface area contributed by atoms with Gasteiger partial charge in [0.25, 0.3) is 5.91 Å². The van der Waals surface area contributed by atoms with Crippen LogP contribution in [0.5, 0.6) is 0 Å². The minimum atomic E-state index is -0.921. The van der Waals surface area contributed by atoms with Gasteiger partial charge in [-0.15, -0.1) is 11.3 Å². The lowest BCUT2D eigenvalue weighted by molar-refractivity contribution is -0.146. The number of hydrogen-bond acceptors (Lipinski definition) is 4. The Bertz CT molecular complexity index is 868. The second-order valence-corrected chi connectivity index (χ2v) is 9.85. The van der Waals surface area contributed by atoms with Crippen LogP contribution < -0.4 is 10.6 Å². The molecule has 3 aliphatic carbocycles. The van der Waals surface area contributed by atoms with Crippen LogP contribution in [-0.4, -0.2) is 28.9 Å². The van der Waals surface area contributed by atoms with Gasteiger partial charge < -0.3 is 15.7 Å². The molecule has 2 bridgehead atoms. The number of carbonyl (C=O) groups excluding carboxylic acids is 2. The van der Waals surface area contributed by atoms with Crippen molar-refractivity contribution in [2.24, 2.45) is 23.7 Å². The number of hydrogen-bond donors (Lipinski definition) is 3. The molecule has 0 radical (unpaired) electrons. The zero-order valence-electron chi connectivity index (χ0n) is 16.9. The first-order valence-corrected chi connectivity index (χ1v) is 11.3. The standard InChI is InChI=1S/C22H28N2O4S/c1-11-12(2)29-21(16(11)19(25)23-15-6-4-3-5-7-15)24-20(26)17-13-8-9-14(10-13)18(17)22(27)28/h8-9,13-15,17-18H,3-7,10H2,1-2H3,(H,23,25)(H,24,26)(H,27,28)/t13-,14-,17-,18-/m0/s1. The van der Waals surface area contributed by atoms with Gasteiger partial charge in [0.1, 0.15) is 5.00 Å². The van der Waals surface area contributed by atoms with Gasteiger partial charge in [-0.3, -0.25) is 14.4 Å². The van der Waals surface area contributed by atoms with E-state index >= 15 is 0 Å². The van der Waals surface area contributed by atoms with Crippen LogP contribution in [0, 0.1) is 37.5 Å². The number of anilines is 1. The highest BCUT2D eigenvalue weighted by atomic mass is 32.1. The fourth-order valence-corrected chi connectivity index (χ4v) is 6.27. The van der Waals surface area contributed by atoms with E-state index in [0.717, 1.165) is 36.1 Å². The maximum absolute atomic E-state index is 13.1. The number of nitrogens with one attached hydrogen (secondary N) is 2. The van der Waals surface area contributed by atoms with Gasteiger partial charge in [0.15, 0.2) is 0 Å². The van der Waals surface area contributed by atoms with Crippen LogP contribution in [0.25, 0.3) is 0 Å². The average Bonchev–Trinajstić information content (AvgIpc) is 3.36. The molecular formula is C22H28N2O4S. The molecule has 1 aromatic rings. The summed E-state index contributed by atoms with van der Waals surface area (Å²) >= 11 is 1.39. The van der Waals surface area contributed by atoms with E-state index in [9.17, 15) is 19.5 Å². The maximum Gasteiger partial charge on any atom is 0.307 e. The molecule has 0 unspecified atom stereocenters. The number of fused-ring (bicyclic) bond motifs is 2. The Labute approximate surface area is 174 Å². The second kappa shape index (κ2) is 7.94. The summed E-state index contributed by atoms with van der Waals surface area (Å²) in [5.41, 5.74) is 1.40. The van der Waals surface area contributed by atoms with E-state index in [2.05, 4.69) is 10.6 Å². The minimum absolute atomic E-state index is 0.0391. The van der Waals surface area contributed by atoms with Gasteiger partial charge >= 0.3 is 5.97 Å². The SMILES string of the molecule is Cc1sc(NC(=O)[C@@H]2[C@@H](C(=O)O)[C@H]3C=C[C@H]2C3)c(C(=O)NC2CCCCC2)c1C. The van der Waals surface area contributed by atoms with Crippen LogP contribution in [0.2, 0.25) is 0 Å². The Hall–Kier alpha value is -2.15. The molecule has 0 saturated heterocycles. The predicted octanol–water partition coefficient (Wildman–Crippen LogP) is 3.89. The van der Waals surface area contributed by atoms with E-state index in [4.69, 9.17) is 0 Å². The molecule has 1 heterocycles. The van der Waals surface area contributed by atoms with E-state index in [1.54, 1.807) is 0 Å². The van der Waals surface area contributed by atoms with Crippen LogP contribution in [-0.2, 0) is 9.59 Å². The highest BCUT2D eigenvalue weighted by Gasteiger charge is 2.51. The third kappa shape index (κ3) is 3.72. The van der Waals surface area contributed by atoms with Gasteiger partial charge in [-0.25, -0.2) is 0 Å². The lowest BCUT2D eigenvalue weighted by Crippen LogP contribution is -2.38. The quantitative estimate of drug-likeness (QED) is 0.635. The Kier molecular flexibility index (Phi) is 5.51. The van der Waals surface area contributed by atoms with E-state index in [1.165, 1.54) is 17.8 Å². The molecule has 156 valence electrons. The molecule has 0 aromatic carbocycles. The van der Waals surface area contributed by atoms with Crippen LogP contribution in [0.1, 0.15) is 59.3 Å². The molecule has 4 atom stereocenters. The molecule has 1 aromatic heterocycles. The van der Waals surface area contributed by atoms with Crippen molar-refractivity contribution >= 4 is 34.1 Å². The lowest BCUT2D eigenvalue weighted by Gasteiger charge is -2.24. The summed E-state index contributed by atoms with van der Waals surface area (Å²) in [6.45, 7) is 3.84. The molecule has 0 spiro atoms. The van der Waals surface area contributed by atoms with E-state index in [1.807, 2.05) is 26.0 Å². The van der Waals surface area contributed by atoms with Crippen molar-refractivity contribution in [2.75, 3.05) is 5.32 Å². The number of thiophene rings is 1. The predicted molar refractivity (Wildman–Crippen MR) is 112 cm³/mol. The van der Waals surface area contributed by atoms with Crippen molar-refractivity contribution in [2.45, 2.75) is 58.4 Å². The Balaban J connectivity index is 1.54. The molecule has 3 N–H and O–H groups in total. The first kappa shape index (κ1) is 20.1. The molecule has 2 amide bonds. The average molecular weight is 417 g/mol. The summed E-state index contributed by atoms with van der Waals surface area (Å²) in [6, 6.07) is 0.187. The largest absolute Gasteiger partial charge is 0.481 e. The number of allylic oxidation sites excluding steroid dienone is 2. The summed E-state index contributed by atoms with van der Waals surface area (Å²) in [5.74, 6) is -2.74. The number of aliphatic carboxylic acids is 1. The van der Waals surface area contributed by atoms with Crippen molar-refractivity contribution in [3.8, 4) is 0 Å². The number of rotatable bonds is 5. The van der Waals surface area contributed by atoms with Gasteiger partial charge in [-0.2, -0.15) is 0 Å². The number of carboxylic acid groups (broad SMARTS) is 1. The molecule has 0 aliphatic heterocycles. The third-order valence-corrected chi connectivity index (χ3v) is 7.96. The van der Waals surface area contributed by atoms with E-state index < -0.39 is 17.8 Å². The Morgan fingerprint density at radius 2 is 1.69 bits per heavy atom. The van der Waals surface area contributed by atoms with Gasteiger partial charge in [0, 0.05) is 10.9 Å². The third-order valence-electron chi connectivity index (χ3n) is 6.84. The molecule has 4 rings (SSSR count). The summed E-state index contributed by atoms with van der Waals surface area (Å²) in [4.78, 5) is 38.8. The second-order valence-electron chi connectivity index (χ2n) is 8.62. The smallest absolute Gasteiger partial charge is 0.307 e. The van der Waals surface area contributed by atoms with Gasteiger partial charge in [-0.05, 0) is 50.5 Å². The highest BCUT2D eigenvalue weighted by molar-refractivity contribution is 7.16. The monoisotopic (exact) mass is 416 g/mol. The molecular weight excluding hydrogens is 388 g/mol. The van der Waals surface area contributed by atoms with E-state index in [-0.39, 0.29) is 29.7 Å². The first-order chi connectivity index (χ1) is 13.9. The van der Waals surface area contributed by atoms with Crippen molar-refractivity contribution in [3.05, 3.63) is 28.2 Å². The van der Waals surface area contributed by atoms with Gasteiger partial charge in [-0.1, -0.05) is 31.4 Å². The molecule has 29 heavy (non-hydrogen) atoms. The summed E-state index contributed by atoms with van der Waals surface area (Å²) < 4.78 is 0. The molecule has 3 aliphatic rings. The van der Waals surface area contributed by atoms with Crippen LogP contribution in [0.3, 0.4) is 0 Å². The highest BCUT2D eigenvalue weighted by Crippen LogP contribution is 2.48. The first-order valence-electron chi connectivity index (χ1n) is 10.5. The molecule has 2 fully saturated rings. The topological polar surface area (TPSA) is 95.5 Å². The van der Waals surface area contributed by atoms with Crippen molar-refractivity contribution in [3.63, 3.8) is 0 Å². The van der Waals surface area contributed by atoms with Crippen molar-refractivity contribution in [1.82, 2.24) is 5.32 Å². The zero-order chi connectivity index (χ0) is 20.7. The van der Waals surface area contributed by atoms with Gasteiger partial charge in [0.05, 0.1) is 17.4 Å². The van der Waals surface area contributed by atoms with Crippen LogP contribution >= 0.6 is 11.3 Å². The maximum atomic E-state index is 13.1. The summed E-state index contributed by atoms with van der Waals surface area (Å²) in [5, 5.41) is 16.2. The Morgan fingerprint density at radius 3 is 2.34 bits per heavy atom. The fourth-order valence-electron chi connectivity index (χ4n) is 5.20. The van der Waals surface area contributed by atoms with Crippen LogP contribution in [0.4, 0.5) is 5.00 Å². The lowest BCUT2D eigenvalue weighted by atomic mass is 9.82. The Morgan fingerprint density at radius 1 is 1.03 bits per heavy atom. The molecule has 2 saturated carbocycles. The summed E-state index contributed by atoms with van der Waals surface area (Å²) in [7, 11) is 0. The van der Waals surface area contributed by atoms with E-state index in [0.29, 0.717) is 17.0 Å². The number of aryl methyl sites for hydroxylation is 1. The van der Waals surface area contributed by atoms with Crippen molar-refractivity contribution < 1.29 is 19.5 Å². The minimum Gasteiger partial charge on any atom is -0.481 e. The van der Waals surface area contributed by atoms with Gasteiger partial charge in [0.2, 0.25) is 5.91 Å².